The van der Waals surface area contributed by atoms with E-state index in [0.717, 1.165) is 21.0 Å². The minimum Gasteiger partial charge on any atom is -0.463 e. The summed E-state index contributed by atoms with van der Waals surface area (Å²) in [6, 6.07) is 18.6. The van der Waals surface area contributed by atoms with E-state index in [1.807, 2.05) is 42.5 Å². The number of aromatic nitrogens is 2. The van der Waals surface area contributed by atoms with Crippen LogP contribution in [0.2, 0.25) is 0 Å². The lowest BCUT2D eigenvalue weighted by molar-refractivity contribution is 0.194. The summed E-state index contributed by atoms with van der Waals surface area (Å²) in [5.74, 6) is 0. The van der Waals surface area contributed by atoms with Crippen LogP contribution in [0.3, 0.4) is 0 Å². The number of rotatable bonds is 3. The summed E-state index contributed by atoms with van der Waals surface area (Å²) in [5.41, 5.74) is 1.92. The Morgan fingerprint density at radius 1 is 0.963 bits per heavy atom. The molecular formula is C20H16N4O3. The number of nitrogens with zero attached hydrogens (tertiary/aromatic N) is 2. The average Bonchev–Trinajstić information content (AvgIpc) is 3.12. The van der Waals surface area contributed by atoms with E-state index in [2.05, 4.69) is 15.7 Å². The molecule has 27 heavy (non-hydrogen) atoms. The van der Waals surface area contributed by atoms with E-state index in [-0.39, 0.29) is 6.03 Å². The highest BCUT2D eigenvalue weighted by atomic mass is 16.4. The third-order valence-electron chi connectivity index (χ3n) is 4.36. The van der Waals surface area contributed by atoms with Gasteiger partial charge in [0.2, 0.25) is 0 Å². The summed E-state index contributed by atoms with van der Waals surface area (Å²) in [6.07, 6.45) is 0.242. The molecule has 0 fully saturated rings. The van der Waals surface area contributed by atoms with Crippen molar-refractivity contribution in [2.24, 2.45) is 0 Å². The van der Waals surface area contributed by atoms with E-state index in [9.17, 15) is 9.59 Å². The van der Waals surface area contributed by atoms with Crippen molar-refractivity contribution in [3.63, 3.8) is 0 Å². The van der Waals surface area contributed by atoms with Gasteiger partial charge in [-0.15, -0.1) is 0 Å². The molecule has 0 saturated heterocycles. The Morgan fingerprint density at radius 2 is 1.74 bits per heavy atom. The molecule has 7 heteroatoms. The number of carboxylic acid groups (broad SMARTS) is 1. The molecule has 1 heterocycles. The highest BCUT2D eigenvalue weighted by Gasteiger charge is 2.13. The van der Waals surface area contributed by atoms with Crippen LogP contribution in [0.15, 0.2) is 66.9 Å². The molecule has 0 aliphatic heterocycles. The van der Waals surface area contributed by atoms with Gasteiger partial charge >= 0.3 is 12.1 Å². The molecule has 7 nitrogen and oxygen atoms in total. The maximum atomic E-state index is 12.3. The quantitative estimate of drug-likeness (QED) is 0.514. The first kappa shape index (κ1) is 16.6. The molecule has 0 atom stereocenters. The fourth-order valence-corrected chi connectivity index (χ4v) is 3.10. The number of anilines is 1. The van der Waals surface area contributed by atoms with Gasteiger partial charge in [0.25, 0.3) is 0 Å². The number of fused-ring (bicyclic) bond motifs is 2. The molecule has 4 rings (SSSR count). The highest BCUT2D eigenvalue weighted by molar-refractivity contribution is 6.02. The Bertz CT molecular complexity index is 1160. The summed E-state index contributed by atoms with van der Waals surface area (Å²) >= 11 is 0. The second-order valence-corrected chi connectivity index (χ2v) is 6.02. The zero-order chi connectivity index (χ0) is 18.8. The molecule has 0 radical (unpaired) electrons. The largest absolute Gasteiger partial charge is 0.463 e. The van der Waals surface area contributed by atoms with Gasteiger partial charge in [-0.05, 0) is 28.5 Å². The van der Waals surface area contributed by atoms with Crippen molar-refractivity contribution in [1.82, 2.24) is 15.1 Å². The molecule has 0 aliphatic rings. The number of benzene rings is 3. The fourth-order valence-electron chi connectivity index (χ4n) is 3.10. The first-order valence-corrected chi connectivity index (χ1v) is 8.35. The van der Waals surface area contributed by atoms with Gasteiger partial charge in [0.05, 0.1) is 17.4 Å². The Kier molecular flexibility index (Phi) is 4.18. The number of carbonyl (C=O) groups is 2. The summed E-state index contributed by atoms with van der Waals surface area (Å²) < 4.78 is 0.870. The zero-order valence-corrected chi connectivity index (χ0v) is 14.2. The lowest BCUT2D eigenvalue weighted by Crippen LogP contribution is -2.28. The lowest BCUT2D eigenvalue weighted by Gasteiger charge is -2.10. The van der Waals surface area contributed by atoms with Crippen LogP contribution < -0.4 is 10.6 Å². The van der Waals surface area contributed by atoms with Crippen LogP contribution >= 0.6 is 0 Å². The Morgan fingerprint density at radius 3 is 2.59 bits per heavy atom. The van der Waals surface area contributed by atoms with Crippen LogP contribution in [0, 0.1) is 0 Å². The molecule has 0 spiro atoms. The highest BCUT2D eigenvalue weighted by Crippen LogP contribution is 2.23. The van der Waals surface area contributed by atoms with Crippen LogP contribution in [0.25, 0.3) is 21.7 Å². The van der Waals surface area contributed by atoms with Crippen molar-refractivity contribution < 1.29 is 14.7 Å². The summed E-state index contributed by atoms with van der Waals surface area (Å²) in [5, 5.41) is 21.3. The molecule has 0 aliphatic carbocycles. The Labute approximate surface area is 154 Å². The van der Waals surface area contributed by atoms with Crippen molar-refractivity contribution >= 4 is 39.5 Å². The van der Waals surface area contributed by atoms with Gasteiger partial charge in [-0.2, -0.15) is 9.78 Å². The number of carbonyl (C=O) groups excluding carboxylic acids is 1. The molecule has 0 saturated carbocycles. The summed E-state index contributed by atoms with van der Waals surface area (Å²) in [6.45, 7) is 0.373. The third-order valence-corrected chi connectivity index (χ3v) is 4.36. The van der Waals surface area contributed by atoms with E-state index in [1.165, 1.54) is 6.20 Å². The second kappa shape index (κ2) is 6.80. The number of nitrogens with one attached hydrogen (secondary N) is 2. The smallest absolute Gasteiger partial charge is 0.432 e. The fraction of sp³-hybridized carbons (Fsp3) is 0.0500. The van der Waals surface area contributed by atoms with Crippen LogP contribution in [0.4, 0.5) is 15.3 Å². The van der Waals surface area contributed by atoms with Gasteiger partial charge in [-0.3, -0.25) is 0 Å². The van der Waals surface area contributed by atoms with Gasteiger partial charge in [0.1, 0.15) is 0 Å². The molecular weight excluding hydrogens is 344 g/mol. The standard InChI is InChI=1S/C20H16N4O3/c25-19(21-11-14-7-3-6-13-5-1-2-8-15(13)14)23-17-9-4-10-18-16(17)12-22-24(18)20(26)27/h1-10,12H,11H2,(H,26,27)(H2,21,23,25). The molecule has 3 aromatic carbocycles. The first-order chi connectivity index (χ1) is 13.1. The topological polar surface area (TPSA) is 96.3 Å². The van der Waals surface area contributed by atoms with Crippen molar-refractivity contribution in [2.75, 3.05) is 5.32 Å². The van der Waals surface area contributed by atoms with Crippen molar-refractivity contribution in [1.29, 1.82) is 0 Å². The van der Waals surface area contributed by atoms with Gasteiger partial charge in [-0.1, -0.05) is 48.5 Å². The SMILES string of the molecule is O=C(NCc1cccc2ccccc12)Nc1cccc2c1cnn2C(=O)O. The maximum absolute atomic E-state index is 12.3. The molecule has 4 aromatic rings. The van der Waals surface area contributed by atoms with E-state index in [0.29, 0.717) is 23.1 Å². The monoisotopic (exact) mass is 360 g/mol. The van der Waals surface area contributed by atoms with Gasteiger partial charge in [0, 0.05) is 11.9 Å². The Hall–Kier alpha value is -3.87. The van der Waals surface area contributed by atoms with Gasteiger partial charge in [-0.25, -0.2) is 9.59 Å². The van der Waals surface area contributed by atoms with E-state index >= 15 is 0 Å². The van der Waals surface area contributed by atoms with E-state index in [4.69, 9.17) is 5.11 Å². The summed E-state index contributed by atoms with van der Waals surface area (Å²) in [4.78, 5) is 23.5. The molecule has 0 bridgehead atoms. The molecule has 3 N–H and O–H groups in total. The predicted octanol–water partition coefficient (Wildman–Crippen LogP) is 4.04. The van der Waals surface area contributed by atoms with E-state index < -0.39 is 6.09 Å². The minimum absolute atomic E-state index is 0.373. The van der Waals surface area contributed by atoms with Gasteiger partial charge in [0.15, 0.2) is 0 Å². The number of hydrogen-bond acceptors (Lipinski definition) is 3. The Balaban J connectivity index is 1.51. The normalized spacial score (nSPS) is 10.8. The second-order valence-electron chi connectivity index (χ2n) is 6.02. The molecule has 2 amide bonds. The first-order valence-electron chi connectivity index (χ1n) is 8.35. The number of amides is 2. The molecule has 134 valence electrons. The third kappa shape index (κ3) is 3.18. The van der Waals surface area contributed by atoms with Crippen molar-refractivity contribution in [2.45, 2.75) is 6.54 Å². The van der Waals surface area contributed by atoms with E-state index in [1.54, 1.807) is 18.2 Å². The molecule has 0 unspecified atom stereocenters. The maximum Gasteiger partial charge on any atom is 0.432 e. The molecule has 1 aromatic heterocycles. The predicted molar refractivity (Wildman–Crippen MR) is 103 cm³/mol. The minimum atomic E-state index is -1.18. The average molecular weight is 360 g/mol. The van der Waals surface area contributed by atoms with Crippen molar-refractivity contribution in [3.05, 3.63) is 72.4 Å². The zero-order valence-electron chi connectivity index (χ0n) is 14.2. The van der Waals surface area contributed by atoms with Gasteiger partial charge < -0.3 is 15.7 Å². The number of hydrogen-bond donors (Lipinski definition) is 3. The van der Waals surface area contributed by atoms with Crippen LogP contribution in [0.5, 0.6) is 0 Å². The van der Waals surface area contributed by atoms with Crippen molar-refractivity contribution in [3.8, 4) is 0 Å². The van der Waals surface area contributed by atoms with Crippen LogP contribution in [0.1, 0.15) is 5.56 Å². The van der Waals surface area contributed by atoms with Crippen LogP contribution in [-0.2, 0) is 6.54 Å². The number of urea groups is 1. The van der Waals surface area contributed by atoms with Crippen LogP contribution in [-0.4, -0.2) is 27.0 Å². The summed E-state index contributed by atoms with van der Waals surface area (Å²) in [7, 11) is 0. The lowest BCUT2D eigenvalue weighted by atomic mass is 10.0.